The summed E-state index contributed by atoms with van der Waals surface area (Å²) in [5.74, 6) is 1.94. The first kappa shape index (κ1) is 34.1. The highest BCUT2D eigenvalue weighted by Gasteiger charge is 2.27. The number of fused-ring (bicyclic) bond motifs is 3. The third-order valence-electron chi connectivity index (χ3n) is 10.2. The molecule has 57 heavy (non-hydrogen) atoms. The Bertz CT molecular complexity index is 3020. The maximum absolute atomic E-state index is 7.10. The van der Waals surface area contributed by atoms with E-state index in [1.54, 1.807) is 6.20 Å². The normalized spacial score (nSPS) is 11.2. The van der Waals surface area contributed by atoms with Gasteiger partial charge in [0.05, 0.1) is 21.7 Å². The van der Waals surface area contributed by atoms with Crippen molar-refractivity contribution in [2.24, 2.45) is 0 Å². The first-order chi connectivity index (χ1) is 28.2. The molecule has 0 saturated carbocycles. The lowest BCUT2D eigenvalue weighted by molar-refractivity contribution is 1.01. The van der Waals surface area contributed by atoms with E-state index in [-0.39, 0.29) is 0 Å². The summed E-state index contributed by atoms with van der Waals surface area (Å²) in [5, 5.41) is 2.64. The van der Waals surface area contributed by atoms with E-state index in [0.717, 1.165) is 66.6 Å². The highest BCUT2D eigenvalue weighted by Crippen LogP contribution is 2.44. The number of halogens is 1. The first-order valence-corrected chi connectivity index (χ1v) is 19.1. The van der Waals surface area contributed by atoms with E-state index >= 15 is 0 Å². The molecular formula is C50H33ClN6. The topological polar surface area (TPSA) is 59.7 Å². The fourth-order valence-corrected chi connectivity index (χ4v) is 7.72. The van der Waals surface area contributed by atoms with Crippen LogP contribution in [0.1, 0.15) is 0 Å². The van der Waals surface area contributed by atoms with Crippen molar-refractivity contribution in [2.75, 3.05) is 4.90 Å². The van der Waals surface area contributed by atoms with E-state index in [0.29, 0.717) is 28.4 Å². The van der Waals surface area contributed by atoms with Crippen molar-refractivity contribution in [3.05, 3.63) is 205 Å². The van der Waals surface area contributed by atoms with Crippen molar-refractivity contribution in [2.45, 2.75) is 0 Å². The lowest BCUT2D eigenvalue weighted by Gasteiger charge is -2.25. The minimum atomic E-state index is 0.383. The van der Waals surface area contributed by atoms with Gasteiger partial charge in [0.1, 0.15) is 0 Å². The van der Waals surface area contributed by atoms with Crippen LogP contribution in [0.2, 0.25) is 5.02 Å². The first-order valence-electron chi connectivity index (χ1n) is 18.8. The van der Waals surface area contributed by atoms with Crippen molar-refractivity contribution >= 4 is 50.9 Å². The second-order valence-electron chi connectivity index (χ2n) is 13.7. The minimum Gasteiger partial charge on any atom is -0.307 e. The molecule has 0 saturated heterocycles. The van der Waals surface area contributed by atoms with Crippen LogP contribution in [-0.4, -0.2) is 24.5 Å². The molecule has 10 rings (SSSR count). The van der Waals surface area contributed by atoms with Crippen LogP contribution in [-0.2, 0) is 0 Å². The molecule has 0 aliphatic carbocycles. The Morgan fingerprint density at radius 2 is 0.982 bits per heavy atom. The third-order valence-corrected chi connectivity index (χ3v) is 10.5. The van der Waals surface area contributed by atoms with E-state index in [4.69, 9.17) is 31.5 Å². The zero-order valence-corrected chi connectivity index (χ0v) is 31.4. The number of pyridine rings is 1. The average molecular weight is 753 g/mol. The van der Waals surface area contributed by atoms with Gasteiger partial charge in [-0.05, 0) is 58.7 Å². The quantitative estimate of drug-likeness (QED) is 0.155. The van der Waals surface area contributed by atoms with Crippen LogP contribution in [0.25, 0.3) is 72.5 Å². The second kappa shape index (κ2) is 14.7. The molecule has 6 nitrogen and oxygen atoms in total. The Morgan fingerprint density at radius 3 is 1.68 bits per heavy atom. The summed E-state index contributed by atoms with van der Waals surface area (Å²) in [6.45, 7) is 0. The van der Waals surface area contributed by atoms with Gasteiger partial charge in [-0.1, -0.05) is 169 Å². The molecule has 0 fully saturated rings. The van der Waals surface area contributed by atoms with Gasteiger partial charge in [0.2, 0.25) is 5.95 Å². The Labute approximate surface area is 335 Å². The van der Waals surface area contributed by atoms with Crippen LogP contribution >= 0.6 is 11.6 Å². The van der Waals surface area contributed by atoms with Gasteiger partial charge in [-0.3, -0.25) is 4.90 Å². The van der Waals surface area contributed by atoms with Gasteiger partial charge in [-0.15, -0.1) is 0 Å². The molecule has 0 atom stereocenters. The van der Waals surface area contributed by atoms with Crippen LogP contribution < -0.4 is 4.90 Å². The van der Waals surface area contributed by atoms with Gasteiger partial charge in [0, 0.05) is 33.8 Å². The van der Waals surface area contributed by atoms with Crippen LogP contribution in [0.15, 0.2) is 200 Å². The highest BCUT2D eigenvalue weighted by atomic mass is 35.5. The molecule has 270 valence electrons. The number of benzene rings is 7. The van der Waals surface area contributed by atoms with Crippen molar-refractivity contribution in [1.82, 2.24) is 24.5 Å². The zero-order valence-electron chi connectivity index (χ0n) is 30.6. The molecule has 0 spiro atoms. The maximum atomic E-state index is 7.10. The number of nitrogens with zero attached hydrogens (tertiary/aromatic N) is 6. The molecule has 0 aliphatic heterocycles. The average Bonchev–Trinajstić information content (AvgIpc) is 3.63. The summed E-state index contributed by atoms with van der Waals surface area (Å²) >= 11 is 7.10. The fraction of sp³-hybridized carbons (Fsp3) is 0. The molecule has 0 bridgehead atoms. The Hall–Kier alpha value is -7.41. The van der Waals surface area contributed by atoms with Crippen molar-refractivity contribution in [3.63, 3.8) is 0 Å². The molecule has 0 N–H and O–H groups in total. The van der Waals surface area contributed by atoms with Crippen LogP contribution in [0.5, 0.6) is 0 Å². The zero-order chi connectivity index (χ0) is 38.1. The summed E-state index contributed by atoms with van der Waals surface area (Å²) in [6.07, 6.45) is 1.75. The second-order valence-corrected chi connectivity index (χ2v) is 14.1. The predicted octanol–water partition coefficient (Wildman–Crippen LogP) is 13.2. The van der Waals surface area contributed by atoms with E-state index in [1.807, 2.05) is 71.6 Å². The Balaban J connectivity index is 1.24. The van der Waals surface area contributed by atoms with Crippen LogP contribution in [0, 0.1) is 0 Å². The van der Waals surface area contributed by atoms with E-state index < -0.39 is 0 Å². The number of anilines is 3. The van der Waals surface area contributed by atoms with Gasteiger partial charge in [0.25, 0.3) is 0 Å². The smallest absolute Gasteiger partial charge is 0.240 e. The lowest BCUT2D eigenvalue weighted by atomic mass is 10.0. The highest BCUT2D eigenvalue weighted by molar-refractivity contribution is 6.33. The molecule has 3 aromatic heterocycles. The number of rotatable bonds is 8. The molecule has 0 aliphatic rings. The minimum absolute atomic E-state index is 0.383. The maximum Gasteiger partial charge on any atom is 0.240 e. The Kier molecular flexibility index (Phi) is 8.78. The number of para-hydroxylation sites is 2. The van der Waals surface area contributed by atoms with E-state index in [9.17, 15) is 0 Å². The fourth-order valence-electron chi connectivity index (χ4n) is 7.52. The van der Waals surface area contributed by atoms with Gasteiger partial charge in [-0.2, -0.15) is 9.97 Å². The van der Waals surface area contributed by atoms with Crippen molar-refractivity contribution in [1.29, 1.82) is 0 Å². The molecule has 7 heteroatoms. The van der Waals surface area contributed by atoms with E-state index in [1.165, 1.54) is 0 Å². The van der Waals surface area contributed by atoms with Gasteiger partial charge < -0.3 is 4.57 Å². The monoisotopic (exact) mass is 752 g/mol. The summed E-state index contributed by atoms with van der Waals surface area (Å²) in [6, 6.07) is 66.3. The molecule has 0 unspecified atom stereocenters. The molecule has 10 aromatic rings. The SMILES string of the molecule is Clc1cccnc1N(c1nc(-c2ccccc2)nc(-c2ccc(-c3ccccc3)cc2)n1)c1cccc2c3ccccc3n(-c3cccc(-c4ccccc4)c3)c12. The number of aromatic nitrogens is 5. The summed E-state index contributed by atoms with van der Waals surface area (Å²) in [7, 11) is 0. The van der Waals surface area contributed by atoms with Gasteiger partial charge in [0.15, 0.2) is 17.5 Å². The molecule has 7 aromatic carbocycles. The molecule has 0 amide bonds. The van der Waals surface area contributed by atoms with E-state index in [2.05, 4.69) is 132 Å². The molecular weight excluding hydrogens is 720 g/mol. The largest absolute Gasteiger partial charge is 0.307 e. The number of hydrogen-bond acceptors (Lipinski definition) is 5. The molecule has 0 radical (unpaired) electrons. The third kappa shape index (κ3) is 6.38. The van der Waals surface area contributed by atoms with Gasteiger partial charge in [-0.25, -0.2) is 9.97 Å². The Morgan fingerprint density at radius 1 is 0.439 bits per heavy atom. The summed E-state index contributed by atoms with van der Waals surface area (Å²) in [5.41, 5.74) is 10.1. The number of hydrogen-bond donors (Lipinski definition) is 0. The summed E-state index contributed by atoms with van der Waals surface area (Å²) < 4.78 is 2.32. The van der Waals surface area contributed by atoms with Crippen molar-refractivity contribution in [3.8, 4) is 50.7 Å². The lowest BCUT2D eigenvalue weighted by Crippen LogP contribution is -2.18. The standard InChI is InChI=1S/C50H33ClN6/c51-43-25-14-32-52-49(43)57(50-54-47(37-19-8-3-9-20-37)53-48(55-50)38-30-28-36(29-31-38)34-15-4-1-5-16-34)45-27-13-24-42-41-23-10-11-26-44(41)56(46(42)45)40-22-12-21-39(33-40)35-17-6-2-7-18-35/h1-33H. The van der Waals surface area contributed by atoms with Crippen molar-refractivity contribution < 1.29 is 0 Å². The van der Waals surface area contributed by atoms with Crippen LogP contribution in [0.3, 0.4) is 0 Å². The predicted molar refractivity (Wildman–Crippen MR) is 233 cm³/mol. The molecule has 3 heterocycles. The van der Waals surface area contributed by atoms with Crippen LogP contribution in [0.4, 0.5) is 17.5 Å². The van der Waals surface area contributed by atoms with Gasteiger partial charge >= 0.3 is 0 Å². The summed E-state index contributed by atoms with van der Waals surface area (Å²) in [4.78, 5) is 22.4.